The van der Waals surface area contributed by atoms with Gasteiger partial charge in [0.15, 0.2) is 11.5 Å². The molecule has 3 aromatic carbocycles. The molecule has 7 heteroatoms. The van der Waals surface area contributed by atoms with E-state index < -0.39 is 10.1 Å². The fourth-order valence-corrected chi connectivity index (χ4v) is 5.89. The van der Waals surface area contributed by atoms with Gasteiger partial charge < -0.3 is 13.7 Å². The molecule has 0 fully saturated rings. The predicted octanol–water partition coefficient (Wildman–Crippen LogP) is 4.91. The summed E-state index contributed by atoms with van der Waals surface area (Å²) in [5, 5.41) is 0. The predicted molar refractivity (Wildman–Crippen MR) is 130 cm³/mol. The van der Waals surface area contributed by atoms with E-state index in [2.05, 4.69) is 30.0 Å². The minimum absolute atomic E-state index is 0.122. The van der Waals surface area contributed by atoms with Crippen LogP contribution in [0.15, 0.2) is 65.6 Å². The van der Waals surface area contributed by atoms with E-state index in [4.69, 9.17) is 13.7 Å². The molecule has 0 saturated heterocycles. The van der Waals surface area contributed by atoms with Gasteiger partial charge in [-0.2, -0.15) is 8.42 Å². The smallest absolute Gasteiger partial charge is 0.339 e. The van der Waals surface area contributed by atoms with Gasteiger partial charge in [-0.05, 0) is 66.3 Å². The lowest BCUT2D eigenvalue weighted by Gasteiger charge is -2.42. The van der Waals surface area contributed by atoms with Crippen molar-refractivity contribution in [1.82, 2.24) is 4.90 Å². The Kier molecular flexibility index (Phi) is 6.23. The van der Waals surface area contributed by atoms with E-state index in [9.17, 15) is 8.42 Å². The van der Waals surface area contributed by atoms with Gasteiger partial charge in [0.2, 0.25) is 0 Å². The Bertz CT molecular complexity index is 1290. The minimum atomic E-state index is -3.98. The quantitative estimate of drug-likeness (QED) is 0.449. The number of benzene rings is 3. The second kappa shape index (κ2) is 9.31. The molecule has 2 aliphatic heterocycles. The van der Waals surface area contributed by atoms with Gasteiger partial charge in [0, 0.05) is 24.7 Å². The van der Waals surface area contributed by atoms with E-state index in [-0.39, 0.29) is 16.7 Å². The monoisotopic (exact) mass is 479 g/mol. The third-order valence-electron chi connectivity index (χ3n) is 6.60. The number of rotatable bonds is 7. The van der Waals surface area contributed by atoms with Crippen LogP contribution in [-0.2, 0) is 29.5 Å². The molecule has 1 atom stereocenters. The highest BCUT2D eigenvalue weighted by atomic mass is 32.2. The number of nitrogens with zero attached hydrogens (tertiary/aromatic N) is 1. The van der Waals surface area contributed by atoms with E-state index >= 15 is 0 Å². The second-order valence-electron chi connectivity index (χ2n) is 8.73. The summed E-state index contributed by atoms with van der Waals surface area (Å²) in [5.41, 5.74) is 4.60. The third-order valence-corrected chi connectivity index (χ3v) is 7.83. The highest BCUT2D eigenvalue weighted by Crippen LogP contribution is 2.45. The van der Waals surface area contributed by atoms with Crippen molar-refractivity contribution in [2.75, 3.05) is 20.3 Å². The number of ether oxygens (including phenoxy) is 2. The Labute approximate surface area is 201 Å². The molecule has 0 spiro atoms. The molecule has 0 N–H and O–H groups in total. The molecular weight excluding hydrogens is 450 g/mol. The standard InChI is InChI=1S/C27H29NO5S/c1-3-15-32-21-10-11-23-20(16-21)13-14-28-18-24-19(17-25(23)28)9-12-26(31-2)27(24)33-34(29,30)22-7-5-4-6-8-22/h4-12,16,25H,3,13-15,17-18H2,1-2H3. The molecule has 0 amide bonds. The van der Waals surface area contributed by atoms with Crippen LogP contribution in [0, 0.1) is 0 Å². The zero-order valence-corrected chi connectivity index (χ0v) is 20.3. The molecule has 0 bridgehead atoms. The van der Waals surface area contributed by atoms with Crippen molar-refractivity contribution in [2.45, 2.75) is 43.7 Å². The van der Waals surface area contributed by atoms with Gasteiger partial charge in [0.1, 0.15) is 10.6 Å². The SMILES string of the molecule is CCCOc1ccc2c(c1)CCN1Cc3c(ccc(OC)c3OS(=O)(=O)c3ccccc3)CC21. The average Bonchev–Trinajstić information content (AvgIpc) is 2.87. The van der Waals surface area contributed by atoms with E-state index in [0.29, 0.717) is 12.3 Å². The van der Waals surface area contributed by atoms with Crippen molar-refractivity contribution in [3.63, 3.8) is 0 Å². The molecule has 5 rings (SSSR count). The number of hydrogen-bond acceptors (Lipinski definition) is 6. The first-order valence-corrected chi connectivity index (χ1v) is 13.1. The Balaban J connectivity index is 1.48. The maximum atomic E-state index is 13.0. The normalized spacial score (nSPS) is 17.3. The summed E-state index contributed by atoms with van der Waals surface area (Å²) >= 11 is 0. The van der Waals surface area contributed by atoms with Gasteiger partial charge in [0.05, 0.1) is 13.7 Å². The molecule has 0 aromatic heterocycles. The summed E-state index contributed by atoms with van der Waals surface area (Å²) in [4.78, 5) is 2.52. The van der Waals surface area contributed by atoms with E-state index in [0.717, 1.165) is 49.3 Å². The van der Waals surface area contributed by atoms with Crippen molar-refractivity contribution < 1.29 is 22.1 Å². The van der Waals surface area contributed by atoms with Crippen LogP contribution in [0.3, 0.4) is 0 Å². The molecule has 6 nitrogen and oxygen atoms in total. The molecular formula is C27H29NO5S. The summed E-state index contributed by atoms with van der Waals surface area (Å²) in [5.74, 6) is 1.64. The molecule has 2 heterocycles. The zero-order chi connectivity index (χ0) is 23.7. The van der Waals surface area contributed by atoms with Gasteiger partial charge in [-0.25, -0.2) is 0 Å². The Morgan fingerprint density at radius 3 is 2.62 bits per heavy atom. The molecule has 0 radical (unpaired) electrons. The van der Waals surface area contributed by atoms with E-state index in [1.165, 1.54) is 30.4 Å². The van der Waals surface area contributed by atoms with Crippen LogP contribution in [0.2, 0.25) is 0 Å². The highest BCUT2D eigenvalue weighted by molar-refractivity contribution is 7.87. The summed E-state index contributed by atoms with van der Waals surface area (Å²) in [6, 6.07) is 18.7. The summed E-state index contributed by atoms with van der Waals surface area (Å²) in [7, 11) is -2.45. The lowest BCUT2D eigenvalue weighted by atomic mass is 9.83. The number of methoxy groups -OCH3 is 1. The lowest BCUT2D eigenvalue weighted by molar-refractivity contribution is 0.159. The Morgan fingerprint density at radius 1 is 1.03 bits per heavy atom. The van der Waals surface area contributed by atoms with Crippen LogP contribution < -0.4 is 13.7 Å². The van der Waals surface area contributed by atoms with E-state index in [1.807, 2.05) is 6.07 Å². The summed E-state index contributed by atoms with van der Waals surface area (Å²) in [6.45, 7) is 4.31. The molecule has 0 aliphatic carbocycles. The van der Waals surface area contributed by atoms with Crippen molar-refractivity contribution in [2.24, 2.45) is 0 Å². The van der Waals surface area contributed by atoms with Gasteiger partial charge in [-0.3, -0.25) is 4.90 Å². The molecule has 34 heavy (non-hydrogen) atoms. The maximum absolute atomic E-state index is 13.0. The number of fused-ring (bicyclic) bond motifs is 4. The molecule has 0 saturated carbocycles. The Hall–Kier alpha value is -3.03. The molecule has 1 unspecified atom stereocenters. The Morgan fingerprint density at radius 2 is 1.85 bits per heavy atom. The largest absolute Gasteiger partial charge is 0.494 e. The first kappa shape index (κ1) is 22.7. The van der Waals surface area contributed by atoms with Gasteiger partial charge in [-0.1, -0.05) is 37.3 Å². The maximum Gasteiger partial charge on any atom is 0.339 e. The topological polar surface area (TPSA) is 65.1 Å². The summed E-state index contributed by atoms with van der Waals surface area (Å²) in [6.07, 6.45) is 2.69. The minimum Gasteiger partial charge on any atom is -0.494 e. The van der Waals surface area contributed by atoms with Gasteiger partial charge in [-0.15, -0.1) is 0 Å². The zero-order valence-electron chi connectivity index (χ0n) is 19.5. The van der Waals surface area contributed by atoms with Crippen LogP contribution in [0.25, 0.3) is 0 Å². The third kappa shape index (κ3) is 4.26. The van der Waals surface area contributed by atoms with Crippen molar-refractivity contribution in [3.05, 3.63) is 82.9 Å². The highest BCUT2D eigenvalue weighted by Gasteiger charge is 2.35. The molecule has 2 aliphatic rings. The van der Waals surface area contributed by atoms with Crippen LogP contribution >= 0.6 is 0 Å². The van der Waals surface area contributed by atoms with Crippen molar-refractivity contribution in [1.29, 1.82) is 0 Å². The van der Waals surface area contributed by atoms with Crippen LogP contribution in [0.4, 0.5) is 0 Å². The second-order valence-corrected chi connectivity index (χ2v) is 10.3. The fourth-order valence-electron chi connectivity index (χ4n) is 4.90. The molecule has 178 valence electrons. The van der Waals surface area contributed by atoms with Crippen LogP contribution in [-0.4, -0.2) is 33.6 Å². The average molecular weight is 480 g/mol. The lowest BCUT2D eigenvalue weighted by Crippen LogP contribution is -2.39. The first-order valence-electron chi connectivity index (χ1n) is 11.7. The van der Waals surface area contributed by atoms with Crippen molar-refractivity contribution >= 4 is 10.1 Å². The summed E-state index contributed by atoms with van der Waals surface area (Å²) < 4.78 is 43.1. The van der Waals surface area contributed by atoms with Crippen LogP contribution in [0.5, 0.6) is 17.2 Å². The number of hydrogen-bond donors (Lipinski definition) is 0. The van der Waals surface area contributed by atoms with Gasteiger partial charge in [0.25, 0.3) is 0 Å². The van der Waals surface area contributed by atoms with Gasteiger partial charge >= 0.3 is 10.1 Å². The van der Waals surface area contributed by atoms with Crippen molar-refractivity contribution in [3.8, 4) is 17.2 Å². The van der Waals surface area contributed by atoms with Crippen LogP contribution in [0.1, 0.15) is 41.6 Å². The van der Waals surface area contributed by atoms with E-state index in [1.54, 1.807) is 24.3 Å². The molecule has 3 aromatic rings. The fraction of sp³-hybridized carbons (Fsp3) is 0.333. The first-order chi connectivity index (χ1) is 16.5.